The molecule has 21 heavy (non-hydrogen) atoms. The van der Waals surface area contributed by atoms with Crippen LogP contribution >= 0.6 is 0 Å². The van der Waals surface area contributed by atoms with Gasteiger partial charge < -0.3 is 10.3 Å². The Labute approximate surface area is 125 Å². The normalized spacial score (nSPS) is 10.7. The largest absolute Gasteiger partial charge is 0.329 e. The van der Waals surface area contributed by atoms with Gasteiger partial charge in [-0.05, 0) is 18.6 Å². The molecule has 0 saturated heterocycles. The van der Waals surface area contributed by atoms with Crippen LogP contribution in [0.15, 0.2) is 24.5 Å². The minimum Gasteiger partial charge on any atom is -0.329 e. The fourth-order valence-electron chi connectivity index (χ4n) is 2.46. The van der Waals surface area contributed by atoms with Crippen molar-refractivity contribution in [1.82, 2.24) is 19.5 Å². The van der Waals surface area contributed by atoms with Gasteiger partial charge in [-0.1, -0.05) is 20.8 Å². The van der Waals surface area contributed by atoms with Crippen LogP contribution < -0.4 is 5.73 Å². The number of nitrogens with zero attached hydrogens (tertiary/aromatic N) is 4. The molecule has 5 heteroatoms. The monoisotopic (exact) mass is 285 g/mol. The van der Waals surface area contributed by atoms with E-state index in [1.165, 1.54) is 0 Å². The second-order valence-electron chi connectivity index (χ2n) is 4.58. The fraction of sp³-hybridized carbons (Fsp3) is 0.438. The number of hydrogen-bond donors (Lipinski definition) is 1. The highest BCUT2D eigenvalue weighted by Gasteiger charge is 2.13. The van der Waals surface area contributed by atoms with Gasteiger partial charge in [0.2, 0.25) is 0 Å². The SMILES string of the molecule is CC.CCCc1nc2cnc3cccnc3c2n1CCN. The van der Waals surface area contributed by atoms with Gasteiger partial charge >= 0.3 is 0 Å². The number of aromatic nitrogens is 4. The van der Waals surface area contributed by atoms with E-state index < -0.39 is 0 Å². The van der Waals surface area contributed by atoms with E-state index >= 15 is 0 Å². The Morgan fingerprint density at radius 1 is 1.19 bits per heavy atom. The summed E-state index contributed by atoms with van der Waals surface area (Å²) in [4.78, 5) is 13.6. The van der Waals surface area contributed by atoms with E-state index in [0.29, 0.717) is 6.54 Å². The van der Waals surface area contributed by atoms with E-state index in [1.807, 2.05) is 32.2 Å². The van der Waals surface area contributed by atoms with Crippen LogP contribution in [0.5, 0.6) is 0 Å². The summed E-state index contributed by atoms with van der Waals surface area (Å²) >= 11 is 0. The number of fused-ring (bicyclic) bond motifs is 3. The highest BCUT2D eigenvalue weighted by atomic mass is 15.1. The molecule has 0 radical (unpaired) electrons. The Morgan fingerprint density at radius 2 is 2.00 bits per heavy atom. The fourth-order valence-corrected chi connectivity index (χ4v) is 2.46. The molecule has 0 fully saturated rings. The molecule has 3 heterocycles. The summed E-state index contributed by atoms with van der Waals surface area (Å²) in [6.07, 6.45) is 5.63. The molecule has 0 unspecified atom stereocenters. The molecule has 3 rings (SSSR count). The lowest BCUT2D eigenvalue weighted by molar-refractivity contribution is 0.668. The topological polar surface area (TPSA) is 69.6 Å². The second-order valence-corrected chi connectivity index (χ2v) is 4.58. The van der Waals surface area contributed by atoms with Crippen LogP contribution in [0.4, 0.5) is 0 Å². The third kappa shape index (κ3) is 2.88. The molecule has 0 aliphatic carbocycles. The Hall–Kier alpha value is -2.01. The van der Waals surface area contributed by atoms with Gasteiger partial charge in [0.25, 0.3) is 0 Å². The number of pyridine rings is 2. The predicted octanol–water partition coefficient (Wildman–Crippen LogP) is 2.92. The van der Waals surface area contributed by atoms with Crippen molar-refractivity contribution in [2.24, 2.45) is 5.73 Å². The summed E-state index contributed by atoms with van der Waals surface area (Å²) in [7, 11) is 0. The van der Waals surface area contributed by atoms with Crippen LogP contribution in [0.2, 0.25) is 0 Å². The Morgan fingerprint density at radius 3 is 2.71 bits per heavy atom. The van der Waals surface area contributed by atoms with Crippen molar-refractivity contribution in [3.63, 3.8) is 0 Å². The molecule has 112 valence electrons. The average molecular weight is 285 g/mol. The molecular formula is C16H23N5. The lowest BCUT2D eigenvalue weighted by Gasteiger charge is -2.07. The maximum absolute atomic E-state index is 5.74. The van der Waals surface area contributed by atoms with Crippen LogP contribution in [-0.2, 0) is 13.0 Å². The third-order valence-electron chi connectivity index (χ3n) is 3.24. The number of aryl methyl sites for hydroxylation is 1. The van der Waals surface area contributed by atoms with Crippen LogP contribution in [0.1, 0.15) is 33.0 Å². The summed E-state index contributed by atoms with van der Waals surface area (Å²) in [5.74, 6) is 1.07. The van der Waals surface area contributed by atoms with Gasteiger partial charge in [0.1, 0.15) is 16.9 Å². The smallest absolute Gasteiger partial charge is 0.115 e. The molecule has 0 spiro atoms. The van der Waals surface area contributed by atoms with Crippen LogP contribution in [0.25, 0.3) is 22.1 Å². The van der Waals surface area contributed by atoms with Crippen molar-refractivity contribution >= 4 is 22.1 Å². The Balaban J connectivity index is 0.000000774. The van der Waals surface area contributed by atoms with Crippen LogP contribution in [0.3, 0.4) is 0 Å². The number of nitrogens with two attached hydrogens (primary N) is 1. The first-order valence-corrected chi connectivity index (χ1v) is 7.64. The van der Waals surface area contributed by atoms with Gasteiger partial charge in [0, 0.05) is 25.7 Å². The summed E-state index contributed by atoms with van der Waals surface area (Å²) in [5, 5.41) is 0. The molecule has 0 bridgehead atoms. The summed E-state index contributed by atoms with van der Waals surface area (Å²) in [5.41, 5.74) is 9.50. The number of imidazole rings is 1. The van der Waals surface area contributed by atoms with E-state index in [0.717, 1.165) is 47.3 Å². The molecule has 0 atom stereocenters. The van der Waals surface area contributed by atoms with E-state index in [-0.39, 0.29) is 0 Å². The van der Waals surface area contributed by atoms with E-state index in [1.54, 1.807) is 6.20 Å². The summed E-state index contributed by atoms with van der Waals surface area (Å²) < 4.78 is 2.19. The molecule has 3 aromatic rings. The van der Waals surface area contributed by atoms with Crippen LogP contribution in [0, 0.1) is 0 Å². The quantitative estimate of drug-likeness (QED) is 0.800. The van der Waals surface area contributed by atoms with Crippen LogP contribution in [-0.4, -0.2) is 26.1 Å². The molecule has 3 aromatic heterocycles. The van der Waals surface area contributed by atoms with Crippen molar-refractivity contribution in [2.75, 3.05) is 6.54 Å². The van der Waals surface area contributed by atoms with E-state index in [4.69, 9.17) is 5.73 Å². The Bertz CT molecular complexity index is 717. The maximum atomic E-state index is 5.74. The molecule has 0 aliphatic rings. The van der Waals surface area contributed by atoms with Crippen molar-refractivity contribution in [2.45, 2.75) is 40.2 Å². The third-order valence-corrected chi connectivity index (χ3v) is 3.24. The lowest BCUT2D eigenvalue weighted by Crippen LogP contribution is -2.12. The van der Waals surface area contributed by atoms with Crippen molar-refractivity contribution in [1.29, 1.82) is 0 Å². The molecule has 5 nitrogen and oxygen atoms in total. The van der Waals surface area contributed by atoms with Gasteiger partial charge in [-0.2, -0.15) is 0 Å². The Kier molecular flexibility index (Phi) is 5.22. The first-order valence-electron chi connectivity index (χ1n) is 7.64. The highest BCUT2D eigenvalue weighted by molar-refractivity contribution is 5.99. The number of rotatable bonds is 4. The molecule has 0 amide bonds. The predicted molar refractivity (Wildman–Crippen MR) is 87.2 cm³/mol. The van der Waals surface area contributed by atoms with Gasteiger partial charge in [0.05, 0.1) is 17.2 Å². The zero-order valence-corrected chi connectivity index (χ0v) is 13.0. The van der Waals surface area contributed by atoms with Crippen molar-refractivity contribution in [3.8, 4) is 0 Å². The van der Waals surface area contributed by atoms with Gasteiger partial charge in [-0.15, -0.1) is 0 Å². The molecule has 0 aliphatic heterocycles. The van der Waals surface area contributed by atoms with Gasteiger partial charge in [0.15, 0.2) is 0 Å². The number of hydrogen-bond acceptors (Lipinski definition) is 4. The molecule has 0 aromatic carbocycles. The van der Waals surface area contributed by atoms with Crippen molar-refractivity contribution in [3.05, 3.63) is 30.4 Å². The average Bonchev–Trinajstić information content (AvgIpc) is 2.88. The first-order chi connectivity index (χ1) is 10.3. The molecule has 2 N–H and O–H groups in total. The zero-order chi connectivity index (χ0) is 15.2. The summed E-state index contributed by atoms with van der Waals surface area (Å²) in [6, 6.07) is 3.87. The standard InChI is InChI=1S/C14H17N5.C2H6/c1-2-4-12-18-11-9-17-10-5-3-7-16-13(10)14(11)19(12)8-6-15;1-2/h3,5,7,9H,2,4,6,8,15H2,1H3;1-2H3. The van der Waals surface area contributed by atoms with E-state index in [9.17, 15) is 0 Å². The first kappa shape index (κ1) is 15.4. The highest BCUT2D eigenvalue weighted by Crippen LogP contribution is 2.23. The summed E-state index contributed by atoms with van der Waals surface area (Å²) in [6.45, 7) is 7.51. The molecule has 0 saturated carbocycles. The minimum atomic E-state index is 0.596. The molecular weight excluding hydrogens is 262 g/mol. The maximum Gasteiger partial charge on any atom is 0.115 e. The minimum absolute atomic E-state index is 0.596. The zero-order valence-electron chi connectivity index (χ0n) is 13.0. The van der Waals surface area contributed by atoms with Gasteiger partial charge in [-0.25, -0.2) is 4.98 Å². The van der Waals surface area contributed by atoms with Crippen molar-refractivity contribution < 1.29 is 0 Å². The lowest BCUT2D eigenvalue weighted by atomic mass is 10.3. The van der Waals surface area contributed by atoms with E-state index in [2.05, 4.69) is 26.4 Å². The van der Waals surface area contributed by atoms with Gasteiger partial charge in [-0.3, -0.25) is 9.97 Å². The second kappa shape index (κ2) is 7.13.